The molecule has 1 saturated carbocycles. The van der Waals surface area contributed by atoms with Crippen LogP contribution in [-0.4, -0.2) is 18.0 Å². The fourth-order valence-electron chi connectivity index (χ4n) is 3.91. The van der Waals surface area contributed by atoms with E-state index in [2.05, 4.69) is 10.3 Å². The molecular formula is C25H22ClF3N2O2. The number of halogens is 4. The van der Waals surface area contributed by atoms with Gasteiger partial charge in [0.05, 0.1) is 23.4 Å². The molecule has 0 spiro atoms. The summed E-state index contributed by atoms with van der Waals surface area (Å²) in [4.78, 5) is 17.5. The van der Waals surface area contributed by atoms with E-state index >= 15 is 0 Å². The molecule has 3 aromatic rings. The van der Waals surface area contributed by atoms with Crippen molar-refractivity contribution in [2.45, 2.75) is 31.0 Å². The Morgan fingerprint density at radius 3 is 2.42 bits per heavy atom. The summed E-state index contributed by atoms with van der Waals surface area (Å²) in [7, 11) is 1.39. The zero-order chi connectivity index (χ0) is 23.6. The highest BCUT2D eigenvalue weighted by atomic mass is 35.5. The number of hydrogen-bond donors (Lipinski definition) is 1. The van der Waals surface area contributed by atoms with Gasteiger partial charge in [-0.3, -0.25) is 9.78 Å². The number of carbonyl (C=O) groups excluding carboxylic acids is 1. The summed E-state index contributed by atoms with van der Waals surface area (Å²) in [6.45, 7) is 0. The van der Waals surface area contributed by atoms with E-state index in [0.717, 1.165) is 30.5 Å². The number of methoxy groups -OCH3 is 1. The molecule has 0 bridgehead atoms. The molecule has 1 atom stereocenters. The van der Waals surface area contributed by atoms with Gasteiger partial charge in [0.15, 0.2) is 0 Å². The number of pyridine rings is 1. The number of aromatic nitrogens is 1. The number of nitrogens with zero attached hydrogens (tertiary/aromatic N) is 1. The van der Waals surface area contributed by atoms with Gasteiger partial charge in [-0.15, -0.1) is 0 Å². The number of hydrogen-bond acceptors (Lipinski definition) is 3. The molecule has 0 aliphatic heterocycles. The van der Waals surface area contributed by atoms with Crippen LogP contribution in [0.3, 0.4) is 0 Å². The maximum absolute atomic E-state index is 13.7. The Bertz CT molecular complexity index is 1130. The van der Waals surface area contributed by atoms with Crippen LogP contribution in [0.25, 0.3) is 0 Å². The molecule has 4 rings (SSSR count). The quantitative estimate of drug-likeness (QED) is 0.472. The van der Waals surface area contributed by atoms with Gasteiger partial charge in [-0.05, 0) is 48.7 Å². The third kappa shape index (κ3) is 4.98. The highest BCUT2D eigenvalue weighted by Gasteiger charge is 2.44. The second-order valence-corrected chi connectivity index (χ2v) is 8.54. The number of amides is 1. The maximum Gasteiger partial charge on any atom is 0.416 e. The van der Waals surface area contributed by atoms with Crippen molar-refractivity contribution in [1.29, 1.82) is 0 Å². The lowest BCUT2D eigenvalue weighted by molar-refractivity contribution is -0.137. The topological polar surface area (TPSA) is 51.2 Å². The van der Waals surface area contributed by atoms with Gasteiger partial charge in [0.1, 0.15) is 11.3 Å². The van der Waals surface area contributed by atoms with Gasteiger partial charge in [-0.1, -0.05) is 41.9 Å². The number of carbonyl (C=O) groups is 1. The smallest absolute Gasteiger partial charge is 0.416 e. The third-order valence-electron chi connectivity index (χ3n) is 5.75. The van der Waals surface area contributed by atoms with Crippen LogP contribution in [0.1, 0.15) is 35.2 Å². The summed E-state index contributed by atoms with van der Waals surface area (Å²) in [5, 5.41) is 3.43. The highest BCUT2D eigenvalue weighted by Crippen LogP contribution is 2.42. The third-order valence-corrected chi connectivity index (χ3v) is 5.97. The number of nitrogens with one attached hydrogen (secondary N) is 1. The van der Waals surface area contributed by atoms with Gasteiger partial charge >= 0.3 is 6.18 Å². The molecule has 4 nitrogen and oxygen atoms in total. The predicted octanol–water partition coefficient (Wildman–Crippen LogP) is 5.77. The number of ether oxygens (including phenoxy) is 1. The summed E-state index contributed by atoms with van der Waals surface area (Å²) in [5.74, 6) is -0.196. The minimum absolute atomic E-state index is 0.165. The van der Waals surface area contributed by atoms with Crippen molar-refractivity contribution in [3.05, 3.63) is 94.3 Å². The van der Waals surface area contributed by atoms with Gasteiger partial charge in [-0.25, -0.2) is 0 Å². The molecule has 1 aliphatic carbocycles. The first-order valence-electron chi connectivity index (χ1n) is 10.5. The second kappa shape index (κ2) is 9.06. The molecule has 1 N–H and O–H groups in total. The molecule has 1 heterocycles. The summed E-state index contributed by atoms with van der Waals surface area (Å²) in [6.07, 6.45) is -1.52. The van der Waals surface area contributed by atoms with Gasteiger partial charge in [-0.2, -0.15) is 13.2 Å². The van der Waals surface area contributed by atoms with E-state index in [1.165, 1.54) is 19.4 Å². The van der Waals surface area contributed by atoms with E-state index in [0.29, 0.717) is 10.7 Å². The standard InChI is InChI=1S/C25H22ClF3N2O2/c1-33-21-11-9-18(25(27,28)29)13-20(21)24(31-23(32)17-7-8-17,14-16-5-3-2-4-6-16)22-12-10-19(26)15-30-22/h2-6,9-13,15,17H,7-8,14H2,1H3,(H,31,32)/t24-/m1/s1. The van der Waals surface area contributed by atoms with Crippen LogP contribution in [0.2, 0.25) is 5.02 Å². The first-order chi connectivity index (χ1) is 15.7. The van der Waals surface area contributed by atoms with Gasteiger partial charge in [0, 0.05) is 24.1 Å². The Hall–Kier alpha value is -3.06. The maximum atomic E-state index is 13.7. The molecule has 8 heteroatoms. The molecule has 0 radical (unpaired) electrons. The fraction of sp³-hybridized carbons (Fsp3) is 0.280. The molecule has 1 fully saturated rings. The largest absolute Gasteiger partial charge is 0.496 e. The Morgan fingerprint density at radius 2 is 1.85 bits per heavy atom. The fourth-order valence-corrected chi connectivity index (χ4v) is 4.02. The van der Waals surface area contributed by atoms with E-state index in [9.17, 15) is 18.0 Å². The van der Waals surface area contributed by atoms with E-state index in [4.69, 9.17) is 16.3 Å². The lowest BCUT2D eigenvalue weighted by atomic mass is 9.79. The molecule has 1 amide bonds. The summed E-state index contributed by atoms with van der Waals surface area (Å²) < 4.78 is 46.6. The molecule has 172 valence electrons. The van der Waals surface area contributed by atoms with E-state index in [1.807, 2.05) is 30.3 Å². The average molecular weight is 475 g/mol. The van der Waals surface area contributed by atoms with Crippen LogP contribution in [0.5, 0.6) is 5.75 Å². The van der Waals surface area contributed by atoms with Gasteiger partial charge in [0.25, 0.3) is 0 Å². The molecule has 0 unspecified atom stereocenters. The zero-order valence-corrected chi connectivity index (χ0v) is 18.6. The monoisotopic (exact) mass is 474 g/mol. The van der Waals surface area contributed by atoms with E-state index < -0.39 is 17.3 Å². The molecule has 1 aromatic heterocycles. The van der Waals surface area contributed by atoms with Crippen LogP contribution < -0.4 is 10.1 Å². The van der Waals surface area contributed by atoms with Crippen LogP contribution in [-0.2, 0) is 22.9 Å². The van der Waals surface area contributed by atoms with E-state index in [-0.39, 0.29) is 29.6 Å². The Kier molecular flexibility index (Phi) is 6.34. The average Bonchev–Trinajstić information content (AvgIpc) is 3.64. The van der Waals surface area contributed by atoms with Crippen molar-refractivity contribution in [2.75, 3.05) is 7.11 Å². The summed E-state index contributed by atoms with van der Waals surface area (Å²) in [6, 6.07) is 15.7. The number of rotatable bonds is 7. The number of alkyl halides is 3. The Labute approximate surface area is 194 Å². The molecule has 0 saturated heterocycles. The lowest BCUT2D eigenvalue weighted by Gasteiger charge is -2.37. The minimum Gasteiger partial charge on any atom is -0.496 e. The van der Waals surface area contributed by atoms with E-state index in [1.54, 1.807) is 12.1 Å². The normalized spacial score (nSPS) is 15.5. The Balaban J connectivity index is 1.99. The van der Waals surface area contributed by atoms with Crippen molar-refractivity contribution < 1.29 is 22.7 Å². The van der Waals surface area contributed by atoms with Crippen LogP contribution >= 0.6 is 11.6 Å². The molecule has 33 heavy (non-hydrogen) atoms. The SMILES string of the molecule is COc1ccc(C(F)(F)F)cc1[C@@](Cc1ccccc1)(NC(=O)C1CC1)c1ccc(Cl)cn1. The highest BCUT2D eigenvalue weighted by molar-refractivity contribution is 6.30. The van der Waals surface area contributed by atoms with Crippen molar-refractivity contribution in [3.63, 3.8) is 0 Å². The van der Waals surface area contributed by atoms with Crippen molar-refractivity contribution in [3.8, 4) is 5.75 Å². The Morgan fingerprint density at radius 1 is 1.12 bits per heavy atom. The first-order valence-corrected chi connectivity index (χ1v) is 10.8. The van der Waals surface area contributed by atoms with Crippen LogP contribution in [0.4, 0.5) is 13.2 Å². The summed E-state index contributed by atoms with van der Waals surface area (Å²) >= 11 is 6.05. The van der Waals surface area contributed by atoms with Gasteiger partial charge in [0.2, 0.25) is 5.91 Å². The predicted molar refractivity (Wildman–Crippen MR) is 119 cm³/mol. The molecular weight excluding hydrogens is 453 g/mol. The number of benzene rings is 2. The van der Waals surface area contributed by atoms with Gasteiger partial charge < -0.3 is 10.1 Å². The van der Waals surface area contributed by atoms with Crippen molar-refractivity contribution >= 4 is 17.5 Å². The molecule has 1 aliphatic rings. The molecule has 2 aromatic carbocycles. The second-order valence-electron chi connectivity index (χ2n) is 8.11. The zero-order valence-electron chi connectivity index (χ0n) is 17.8. The van der Waals surface area contributed by atoms with Crippen LogP contribution in [0.15, 0.2) is 66.9 Å². The first kappa shape index (κ1) is 23.1. The van der Waals surface area contributed by atoms with Crippen LogP contribution in [0, 0.1) is 5.92 Å². The van der Waals surface area contributed by atoms with Crippen molar-refractivity contribution in [1.82, 2.24) is 10.3 Å². The minimum atomic E-state index is -4.58. The summed E-state index contributed by atoms with van der Waals surface area (Å²) in [5.41, 5.74) is -0.914. The lowest BCUT2D eigenvalue weighted by Crippen LogP contribution is -2.50. The van der Waals surface area contributed by atoms with Crippen molar-refractivity contribution in [2.24, 2.45) is 5.92 Å².